The van der Waals surface area contributed by atoms with E-state index in [4.69, 9.17) is 5.26 Å². The molecule has 0 bridgehead atoms. The molecule has 0 heterocycles. The number of nitriles is 1. The minimum Gasteiger partial charge on any atom is -0.310 e. The van der Waals surface area contributed by atoms with Crippen molar-refractivity contribution in [3.63, 3.8) is 0 Å². The summed E-state index contributed by atoms with van der Waals surface area (Å²) in [5.74, 6) is 0. The van der Waals surface area contributed by atoms with E-state index in [-0.39, 0.29) is 0 Å². The number of fused-ring (bicyclic) bond motifs is 1. The lowest BCUT2D eigenvalue weighted by Crippen LogP contribution is -2.18. The van der Waals surface area contributed by atoms with Crippen molar-refractivity contribution in [1.82, 2.24) is 5.32 Å². The molecule has 1 N–H and O–H groups in total. The maximum Gasteiger partial charge on any atom is 0.0991 e. The molecule has 0 radical (unpaired) electrons. The molecule has 2 rings (SSSR count). The molecular formula is C12H14N2. The summed E-state index contributed by atoms with van der Waals surface area (Å²) in [6, 6.07) is 8.71. The molecule has 1 aliphatic rings. The number of hydrogen-bond donors (Lipinski definition) is 1. The Morgan fingerprint density at radius 3 is 3.14 bits per heavy atom. The van der Waals surface area contributed by atoms with E-state index in [0.29, 0.717) is 6.04 Å². The van der Waals surface area contributed by atoms with Crippen LogP contribution >= 0.6 is 0 Å². The lowest BCUT2D eigenvalue weighted by atomic mass is 10.1. The van der Waals surface area contributed by atoms with E-state index in [1.54, 1.807) is 0 Å². The van der Waals surface area contributed by atoms with Gasteiger partial charge in [-0.1, -0.05) is 13.0 Å². The molecule has 0 fully saturated rings. The van der Waals surface area contributed by atoms with Crippen LogP contribution in [0.3, 0.4) is 0 Å². The van der Waals surface area contributed by atoms with Gasteiger partial charge >= 0.3 is 0 Å². The van der Waals surface area contributed by atoms with Gasteiger partial charge in [0.25, 0.3) is 0 Å². The molecule has 0 saturated carbocycles. The molecule has 72 valence electrons. The average molecular weight is 186 g/mol. The third kappa shape index (κ3) is 1.51. The largest absolute Gasteiger partial charge is 0.310 e. The number of nitrogens with zero attached hydrogens (tertiary/aromatic N) is 1. The van der Waals surface area contributed by atoms with E-state index >= 15 is 0 Å². The van der Waals surface area contributed by atoms with Crippen molar-refractivity contribution in [3.8, 4) is 6.07 Å². The van der Waals surface area contributed by atoms with Gasteiger partial charge in [0, 0.05) is 6.04 Å². The second kappa shape index (κ2) is 3.81. The fourth-order valence-corrected chi connectivity index (χ4v) is 2.15. The van der Waals surface area contributed by atoms with Gasteiger partial charge in [0.1, 0.15) is 0 Å². The van der Waals surface area contributed by atoms with E-state index in [1.807, 2.05) is 12.1 Å². The topological polar surface area (TPSA) is 35.8 Å². The minimum atomic E-state index is 0.503. The normalized spacial score (nSPS) is 19.0. The first-order valence-electron chi connectivity index (χ1n) is 5.11. The summed E-state index contributed by atoms with van der Waals surface area (Å²) >= 11 is 0. The van der Waals surface area contributed by atoms with Gasteiger partial charge in [0.2, 0.25) is 0 Å². The van der Waals surface area contributed by atoms with Crippen molar-refractivity contribution in [1.29, 1.82) is 5.26 Å². The highest BCUT2D eigenvalue weighted by Gasteiger charge is 2.21. The first-order valence-corrected chi connectivity index (χ1v) is 5.11. The number of rotatable bonds is 2. The monoisotopic (exact) mass is 186 g/mol. The SMILES string of the molecule is CCNC1CCc2cc(C#N)ccc21. The van der Waals surface area contributed by atoms with Crippen LogP contribution in [0, 0.1) is 11.3 Å². The van der Waals surface area contributed by atoms with Crippen LogP contribution in [0.25, 0.3) is 0 Å². The summed E-state index contributed by atoms with van der Waals surface area (Å²) in [7, 11) is 0. The number of hydrogen-bond acceptors (Lipinski definition) is 2. The lowest BCUT2D eigenvalue weighted by molar-refractivity contribution is 0.549. The van der Waals surface area contributed by atoms with Crippen LogP contribution in [-0.2, 0) is 6.42 Å². The summed E-state index contributed by atoms with van der Waals surface area (Å²) in [5, 5.41) is 12.2. The Bertz CT molecular complexity index is 376. The molecule has 0 aromatic heterocycles. The molecule has 0 aliphatic heterocycles. The molecular weight excluding hydrogens is 172 g/mol. The van der Waals surface area contributed by atoms with Gasteiger partial charge in [-0.15, -0.1) is 0 Å². The molecule has 2 heteroatoms. The van der Waals surface area contributed by atoms with Crippen LogP contribution in [0.5, 0.6) is 0 Å². The van der Waals surface area contributed by atoms with Crippen LogP contribution < -0.4 is 5.32 Å². The first kappa shape index (κ1) is 9.23. The summed E-state index contributed by atoms with van der Waals surface area (Å²) in [4.78, 5) is 0. The zero-order chi connectivity index (χ0) is 9.97. The van der Waals surface area contributed by atoms with E-state index in [0.717, 1.165) is 24.9 Å². The Morgan fingerprint density at radius 2 is 2.43 bits per heavy atom. The van der Waals surface area contributed by atoms with Gasteiger partial charge in [-0.05, 0) is 42.6 Å². The summed E-state index contributed by atoms with van der Waals surface area (Å²) in [6.45, 7) is 3.13. The van der Waals surface area contributed by atoms with Gasteiger partial charge in [-0.2, -0.15) is 5.26 Å². The minimum absolute atomic E-state index is 0.503. The van der Waals surface area contributed by atoms with Crippen molar-refractivity contribution >= 4 is 0 Å². The Kier molecular flexibility index (Phi) is 2.51. The fraction of sp³-hybridized carbons (Fsp3) is 0.417. The van der Waals surface area contributed by atoms with E-state index in [1.165, 1.54) is 11.1 Å². The Labute approximate surface area is 84.6 Å². The quantitative estimate of drug-likeness (QED) is 0.768. The molecule has 1 aromatic carbocycles. The lowest BCUT2D eigenvalue weighted by Gasteiger charge is -2.11. The molecule has 0 saturated heterocycles. The molecule has 0 amide bonds. The first-order chi connectivity index (χ1) is 6.85. The van der Waals surface area contributed by atoms with E-state index in [2.05, 4.69) is 24.4 Å². The molecule has 1 aromatic rings. The van der Waals surface area contributed by atoms with Crippen molar-refractivity contribution < 1.29 is 0 Å². The van der Waals surface area contributed by atoms with Crippen LogP contribution in [0.15, 0.2) is 18.2 Å². The maximum atomic E-state index is 8.77. The van der Waals surface area contributed by atoms with E-state index < -0.39 is 0 Å². The zero-order valence-electron chi connectivity index (χ0n) is 8.38. The highest BCUT2D eigenvalue weighted by atomic mass is 14.9. The molecule has 1 unspecified atom stereocenters. The number of aryl methyl sites for hydroxylation is 1. The van der Waals surface area contributed by atoms with Gasteiger partial charge in [-0.25, -0.2) is 0 Å². The number of nitrogens with one attached hydrogen (secondary N) is 1. The second-order valence-corrected chi connectivity index (χ2v) is 3.67. The van der Waals surface area contributed by atoms with Crippen molar-refractivity contribution in [2.75, 3.05) is 6.54 Å². The maximum absolute atomic E-state index is 8.77. The molecule has 1 aliphatic carbocycles. The zero-order valence-corrected chi connectivity index (χ0v) is 8.38. The molecule has 2 nitrogen and oxygen atoms in total. The molecule has 14 heavy (non-hydrogen) atoms. The van der Waals surface area contributed by atoms with Crippen LogP contribution in [-0.4, -0.2) is 6.54 Å². The molecule has 0 spiro atoms. The predicted octanol–water partition coefficient (Wildman–Crippen LogP) is 2.16. The van der Waals surface area contributed by atoms with Crippen LogP contribution in [0.4, 0.5) is 0 Å². The summed E-state index contributed by atoms with van der Waals surface area (Å²) in [5.41, 5.74) is 3.50. The Hall–Kier alpha value is -1.33. The Balaban J connectivity index is 2.30. The van der Waals surface area contributed by atoms with E-state index in [9.17, 15) is 0 Å². The van der Waals surface area contributed by atoms with Crippen molar-refractivity contribution in [3.05, 3.63) is 34.9 Å². The van der Waals surface area contributed by atoms with Crippen molar-refractivity contribution in [2.24, 2.45) is 0 Å². The molecule has 1 atom stereocenters. The summed E-state index contributed by atoms with van der Waals surface area (Å²) < 4.78 is 0. The highest BCUT2D eigenvalue weighted by Crippen LogP contribution is 2.31. The fourth-order valence-electron chi connectivity index (χ4n) is 2.15. The Morgan fingerprint density at radius 1 is 1.57 bits per heavy atom. The van der Waals surface area contributed by atoms with Crippen LogP contribution in [0.2, 0.25) is 0 Å². The van der Waals surface area contributed by atoms with Gasteiger partial charge in [0.05, 0.1) is 11.6 Å². The summed E-state index contributed by atoms with van der Waals surface area (Å²) in [6.07, 6.45) is 2.26. The third-order valence-electron chi connectivity index (χ3n) is 2.80. The van der Waals surface area contributed by atoms with Gasteiger partial charge in [0.15, 0.2) is 0 Å². The van der Waals surface area contributed by atoms with Gasteiger partial charge in [-0.3, -0.25) is 0 Å². The standard InChI is InChI=1S/C12H14N2/c1-2-14-12-6-4-10-7-9(8-13)3-5-11(10)12/h3,5,7,12,14H,2,4,6H2,1H3. The average Bonchev–Trinajstić information content (AvgIpc) is 2.61. The second-order valence-electron chi connectivity index (χ2n) is 3.67. The van der Waals surface area contributed by atoms with Gasteiger partial charge < -0.3 is 5.32 Å². The predicted molar refractivity (Wildman–Crippen MR) is 55.9 cm³/mol. The highest BCUT2D eigenvalue weighted by molar-refractivity contribution is 5.42. The van der Waals surface area contributed by atoms with Crippen LogP contribution in [0.1, 0.15) is 36.1 Å². The smallest absolute Gasteiger partial charge is 0.0991 e. The number of benzene rings is 1. The third-order valence-corrected chi connectivity index (χ3v) is 2.80. The van der Waals surface area contributed by atoms with Crippen molar-refractivity contribution in [2.45, 2.75) is 25.8 Å².